The Morgan fingerprint density at radius 2 is 1.10 bits per heavy atom. The summed E-state index contributed by atoms with van der Waals surface area (Å²) in [5.74, 6) is -0.819. The highest BCUT2D eigenvalue weighted by Crippen LogP contribution is 2.26. The average Bonchev–Trinajstić information content (AvgIpc) is 3.02. The molecule has 0 bridgehead atoms. The van der Waals surface area contributed by atoms with Crippen LogP contribution in [0.25, 0.3) is 0 Å². The van der Waals surface area contributed by atoms with Crippen LogP contribution in [0.3, 0.4) is 0 Å². The molecule has 2 amide bonds. The van der Waals surface area contributed by atoms with E-state index in [2.05, 4.69) is 31.9 Å². The Morgan fingerprint density at radius 3 is 1.52 bits per heavy atom. The molecule has 2 saturated heterocycles. The molecule has 288 valence electrons. The third-order valence-corrected chi connectivity index (χ3v) is 8.93. The lowest BCUT2D eigenvalue weighted by atomic mass is 9.94. The molecule has 2 aliphatic rings. The van der Waals surface area contributed by atoms with Gasteiger partial charge in [0.05, 0.1) is 12.1 Å². The number of benzene rings is 2. The van der Waals surface area contributed by atoms with E-state index in [1.807, 2.05) is 65.8 Å². The predicted octanol–water partition coefficient (Wildman–Crippen LogP) is 7.96. The van der Waals surface area contributed by atoms with Gasteiger partial charge in [0, 0.05) is 53.2 Å². The van der Waals surface area contributed by atoms with Gasteiger partial charge in [-0.2, -0.15) is 0 Å². The number of Topliss-reactive ketones (excluding diaryl/α,β-unsaturated/α-hetero) is 2. The zero-order valence-corrected chi connectivity index (χ0v) is 34.5. The summed E-state index contributed by atoms with van der Waals surface area (Å²) < 4.78 is 12.7. The van der Waals surface area contributed by atoms with Gasteiger partial charge < -0.3 is 26.0 Å². The Balaban J connectivity index is 0.000000327. The molecule has 12 nitrogen and oxygen atoms in total. The first-order valence-electron chi connectivity index (χ1n) is 17.4. The number of carboxylic acid groups (broad SMARTS) is 1. The number of ketones is 2. The maximum absolute atomic E-state index is 12.8. The number of carbonyl (C=O) groups is 5. The van der Waals surface area contributed by atoms with Crippen LogP contribution in [0.1, 0.15) is 98.1 Å². The fourth-order valence-electron chi connectivity index (χ4n) is 5.68. The van der Waals surface area contributed by atoms with E-state index in [1.165, 1.54) is 0 Å². The van der Waals surface area contributed by atoms with Crippen LogP contribution in [0.15, 0.2) is 45.3 Å². The maximum Gasteiger partial charge on any atom is 0.410 e. The van der Waals surface area contributed by atoms with E-state index >= 15 is 0 Å². The molecule has 2 aliphatic heterocycles. The third-order valence-electron chi connectivity index (χ3n) is 7.95. The van der Waals surface area contributed by atoms with Gasteiger partial charge in [-0.25, -0.2) is 9.59 Å². The summed E-state index contributed by atoms with van der Waals surface area (Å²) in [5, 5.41) is 7.42. The predicted molar refractivity (Wildman–Crippen MR) is 209 cm³/mol. The van der Waals surface area contributed by atoms with E-state index in [9.17, 15) is 19.2 Å². The summed E-state index contributed by atoms with van der Waals surface area (Å²) in [4.78, 5) is 62.5. The van der Waals surface area contributed by atoms with Crippen molar-refractivity contribution < 1.29 is 38.6 Å². The van der Waals surface area contributed by atoms with E-state index in [4.69, 9.17) is 30.8 Å². The highest BCUT2D eigenvalue weighted by molar-refractivity contribution is 9.10. The monoisotopic (exact) mass is 852 g/mol. The molecule has 2 atom stereocenters. The van der Waals surface area contributed by atoms with Crippen LogP contribution in [0.4, 0.5) is 21.0 Å². The van der Waals surface area contributed by atoms with Crippen LogP contribution >= 0.6 is 31.9 Å². The van der Waals surface area contributed by atoms with E-state index in [-0.39, 0.29) is 24.4 Å². The molecular weight excluding hydrogens is 800 g/mol. The minimum Gasteiger partial charge on any atom is -0.481 e. The lowest BCUT2D eigenvalue weighted by Gasteiger charge is -2.36. The van der Waals surface area contributed by atoms with E-state index < -0.39 is 41.4 Å². The van der Waals surface area contributed by atoms with Crippen molar-refractivity contribution in [2.24, 2.45) is 0 Å². The molecule has 2 aromatic rings. The molecule has 0 spiro atoms. The number of carboxylic acids is 1. The molecule has 52 heavy (non-hydrogen) atoms. The molecule has 14 heteroatoms. The van der Waals surface area contributed by atoms with Crippen LogP contribution < -0.4 is 11.5 Å². The quantitative estimate of drug-likeness (QED) is 0.241. The van der Waals surface area contributed by atoms with E-state index in [1.54, 1.807) is 21.9 Å². The van der Waals surface area contributed by atoms with Gasteiger partial charge in [0.15, 0.2) is 11.6 Å². The number of piperidine rings is 2. The number of amides is 2. The minimum atomic E-state index is -0.833. The van der Waals surface area contributed by atoms with Gasteiger partial charge >= 0.3 is 12.2 Å². The molecule has 5 N–H and O–H groups in total. The summed E-state index contributed by atoms with van der Waals surface area (Å²) in [7, 11) is 0. The topological polar surface area (TPSA) is 183 Å². The number of ether oxygens (including phenoxy) is 2. The lowest BCUT2D eigenvalue weighted by molar-refractivity contribution is -0.134. The normalized spacial score (nSPS) is 17.4. The van der Waals surface area contributed by atoms with Crippen LogP contribution in [-0.2, 0) is 36.7 Å². The first-order valence-corrected chi connectivity index (χ1v) is 19.0. The molecule has 2 heterocycles. The van der Waals surface area contributed by atoms with Gasteiger partial charge in [0.1, 0.15) is 11.2 Å². The Kier molecular flexibility index (Phi) is 17.1. The van der Waals surface area contributed by atoms with Gasteiger partial charge in [0.25, 0.3) is 5.97 Å². The number of hydrogen-bond acceptors (Lipinski definition) is 9. The number of rotatable bonds is 6. The highest BCUT2D eigenvalue weighted by atomic mass is 79.9. The molecule has 4 rings (SSSR count). The Labute approximate surface area is 324 Å². The average molecular weight is 855 g/mol. The van der Waals surface area contributed by atoms with Crippen molar-refractivity contribution in [1.82, 2.24) is 9.80 Å². The number of anilines is 2. The molecule has 0 unspecified atom stereocenters. The Bertz CT molecular complexity index is 1570. The van der Waals surface area contributed by atoms with Crippen LogP contribution in [-0.4, -0.2) is 81.0 Å². The van der Waals surface area contributed by atoms with Crippen molar-refractivity contribution in [1.29, 1.82) is 0 Å². The third kappa shape index (κ3) is 15.5. The van der Waals surface area contributed by atoms with Crippen molar-refractivity contribution in [3.8, 4) is 0 Å². The van der Waals surface area contributed by atoms with Gasteiger partial charge in [-0.3, -0.25) is 24.2 Å². The summed E-state index contributed by atoms with van der Waals surface area (Å²) in [5.41, 5.74) is 13.6. The maximum atomic E-state index is 12.8. The number of aliphatic carboxylic acids is 1. The summed E-state index contributed by atoms with van der Waals surface area (Å²) in [6.45, 7) is 13.2. The number of hydrogen-bond donors (Lipinski definition) is 3. The van der Waals surface area contributed by atoms with Crippen molar-refractivity contribution >= 4 is 73.0 Å². The molecular formula is C38H54Br2N4O8. The fraction of sp³-hybridized carbons (Fsp3) is 0.553. The number of nitrogens with two attached hydrogens (primary N) is 2. The number of carbonyl (C=O) groups excluding carboxylic acids is 4. The lowest BCUT2D eigenvalue weighted by Crippen LogP contribution is -2.50. The first-order chi connectivity index (χ1) is 24.1. The summed E-state index contributed by atoms with van der Waals surface area (Å²) >= 11 is 6.76. The molecule has 2 aromatic carbocycles. The first kappa shape index (κ1) is 44.5. The Morgan fingerprint density at radius 1 is 0.692 bits per heavy atom. The van der Waals surface area contributed by atoms with E-state index in [0.717, 1.165) is 52.7 Å². The number of nitrogen functional groups attached to an aromatic ring is 2. The van der Waals surface area contributed by atoms with Gasteiger partial charge in [0.2, 0.25) is 0 Å². The highest BCUT2D eigenvalue weighted by Gasteiger charge is 2.36. The van der Waals surface area contributed by atoms with Crippen molar-refractivity contribution in [2.45, 2.75) is 123 Å². The molecule has 0 aromatic heterocycles. The van der Waals surface area contributed by atoms with E-state index in [0.29, 0.717) is 37.3 Å². The van der Waals surface area contributed by atoms with Crippen molar-refractivity contribution in [3.05, 3.63) is 56.5 Å². The second-order valence-corrected chi connectivity index (χ2v) is 16.7. The number of likely N-dealkylation sites (tertiary alicyclic amines) is 2. The zero-order chi connectivity index (χ0) is 39.4. The van der Waals surface area contributed by atoms with Crippen molar-refractivity contribution in [2.75, 3.05) is 24.6 Å². The van der Waals surface area contributed by atoms with Gasteiger partial charge in [-0.15, -0.1) is 0 Å². The van der Waals surface area contributed by atoms with Crippen LogP contribution in [0, 0.1) is 0 Å². The Hall–Kier alpha value is -3.65. The van der Waals surface area contributed by atoms with Crippen LogP contribution in [0.5, 0.6) is 0 Å². The fourth-order valence-corrected chi connectivity index (χ4v) is 6.46. The summed E-state index contributed by atoms with van der Waals surface area (Å²) in [6.07, 6.45) is 4.62. The van der Waals surface area contributed by atoms with Crippen molar-refractivity contribution in [3.63, 3.8) is 0 Å². The number of halogens is 2. The van der Waals surface area contributed by atoms with Crippen LogP contribution in [0.2, 0.25) is 0 Å². The van der Waals surface area contributed by atoms with Gasteiger partial charge in [-0.1, -0.05) is 37.9 Å². The molecule has 0 aliphatic carbocycles. The smallest absolute Gasteiger partial charge is 0.410 e. The standard InChI is InChI=1S/2C18H25BrN2O3.C2H4O2/c1-18(2,3)24-17(23)21-9-5-4-6-15(21)16(22)11-12-10-13(19)7-8-14(12)20;1-18(2,3)24-17(23)21-9-5-4-6-15(21)16(22)10-12-7-8-13(19)11-14(12)20;1-2(3)4/h7-8,10,15H,4-6,9,11,20H2,1-3H3;7-8,11,15H,4-6,9-10,20H2,1-3H3;1H3,(H,3,4)/t2*15-;/m00./s1. The molecule has 0 radical (unpaired) electrons. The second kappa shape index (κ2) is 20.0. The summed E-state index contributed by atoms with van der Waals surface area (Å²) in [6, 6.07) is 10.1. The van der Waals surface area contributed by atoms with Gasteiger partial charge in [-0.05, 0) is 122 Å². The molecule has 0 saturated carbocycles. The number of nitrogens with zero attached hydrogens (tertiary/aromatic N) is 2. The largest absolute Gasteiger partial charge is 0.481 e. The minimum absolute atomic E-state index is 0.00496. The SMILES string of the molecule is CC(=O)O.CC(C)(C)OC(=O)N1CCCC[C@H]1C(=O)Cc1cc(Br)ccc1N.CC(C)(C)OC(=O)N1CCCC[C@H]1C(=O)Cc1ccc(Br)cc1N. The zero-order valence-electron chi connectivity index (χ0n) is 31.3. The molecule has 2 fully saturated rings. The second-order valence-electron chi connectivity index (χ2n) is 14.9.